The molecule has 0 unspecified atom stereocenters. The van der Waals surface area contributed by atoms with Crippen LogP contribution in [-0.2, 0) is 12.5 Å². The molecule has 1 aliphatic heterocycles. The van der Waals surface area contributed by atoms with E-state index in [0.29, 0.717) is 12.0 Å². The van der Waals surface area contributed by atoms with Crippen LogP contribution in [0.1, 0.15) is 63.3 Å². The maximum absolute atomic E-state index is 9.07. The minimum atomic E-state index is -0.989. The first-order chi connectivity index (χ1) is 16.9. The van der Waals surface area contributed by atoms with Crippen LogP contribution in [0, 0.1) is 13.8 Å². The summed E-state index contributed by atoms with van der Waals surface area (Å²) in [5.41, 5.74) is 7.71. The highest BCUT2D eigenvalue weighted by Crippen LogP contribution is 2.41. The quantitative estimate of drug-likeness (QED) is 0.199. The molecule has 182 valence electrons. The largest absolute Gasteiger partial charge is 0.220 e. The Kier molecular flexibility index (Phi) is 5.64. The second kappa shape index (κ2) is 8.59. The van der Waals surface area contributed by atoms with Crippen LogP contribution >= 0.6 is 0 Å². The van der Waals surface area contributed by atoms with Gasteiger partial charge in [-0.25, -0.2) is 0 Å². The summed E-state index contributed by atoms with van der Waals surface area (Å²) in [5, 5.41) is 4.97. The van der Waals surface area contributed by atoms with Crippen molar-refractivity contribution in [3.8, 4) is 11.3 Å². The maximum Gasteiger partial charge on any atom is 0.220 e. The van der Waals surface area contributed by atoms with E-state index in [-0.39, 0.29) is 5.41 Å². The number of benzene rings is 3. The van der Waals surface area contributed by atoms with E-state index in [4.69, 9.17) is 1.37 Å². The van der Waals surface area contributed by atoms with Gasteiger partial charge in [-0.3, -0.25) is 0 Å². The third-order valence-electron chi connectivity index (χ3n) is 8.64. The van der Waals surface area contributed by atoms with E-state index in [1.165, 1.54) is 69.0 Å². The monoisotopic (exact) mass is 481 g/mol. The summed E-state index contributed by atoms with van der Waals surface area (Å²) in [5.74, 6) is 0.641. The molecule has 1 aromatic heterocycles. The number of hydrogen-bond acceptors (Lipinski definition) is 0. The molecule has 3 aromatic carbocycles. The Hall–Kier alpha value is -2.45. The van der Waals surface area contributed by atoms with Crippen molar-refractivity contribution < 1.29 is 5.94 Å². The van der Waals surface area contributed by atoms with Crippen LogP contribution in [-0.4, -0.2) is 8.07 Å². The molecule has 0 amide bonds. The SMILES string of the molecule is [2H]c1c(C)[n+](C)c(-c2cc(C(C)(C)C)c3ccccc3c2C)c2ccc(C3CC[Si](C)(C)CC3)cc12. The van der Waals surface area contributed by atoms with Crippen LogP contribution < -0.4 is 4.57 Å². The summed E-state index contributed by atoms with van der Waals surface area (Å²) in [4.78, 5) is 0. The highest BCUT2D eigenvalue weighted by atomic mass is 28.3. The molecule has 35 heavy (non-hydrogen) atoms. The molecule has 0 radical (unpaired) electrons. The van der Waals surface area contributed by atoms with E-state index >= 15 is 0 Å². The van der Waals surface area contributed by atoms with Gasteiger partial charge in [0.2, 0.25) is 5.69 Å². The van der Waals surface area contributed by atoms with Gasteiger partial charge in [-0.2, -0.15) is 4.57 Å². The Morgan fingerprint density at radius 2 is 1.57 bits per heavy atom. The van der Waals surface area contributed by atoms with Crippen molar-refractivity contribution in [2.75, 3.05) is 0 Å². The first-order valence-corrected chi connectivity index (χ1v) is 16.8. The molecule has 1 nitrogen and oxygen atoms in total. The van der Waals surface area contributed by atoms with Crippen molar-refractivity contribution in [1.29, 1.82) is 0 Å². The number of nitrogens with zero attached hydrogens (tertiary/aromatic N) is 1. The zero-order chi connectivity index (χ0) is 26.0. The molecule has 1 aliphatic rings. The highest BCUT2D eigenvalue weighted by molar-refractivity contribution is 6.77. The smallest absolute Gasteiger partial charge is 0.198 e. The number of aromatic nitrogens is 1. The van der Waals surface area contributed by atoms with Crippen LogP contribution in [0.15, 0.2) is 54.6 Å². The van der Waals surface area contributed by atoms with E-state index in [0.717, 1.165) is 11.1 Å². The lowest BCUT2D eigenvalue weighted by atomic mass is 9.80. The first-order valence-electron chi connectivity index (χ1n) is 13.8. The number of rotatable bonds is 2. The topological polar surface area (TPSA) is 3.88 Å². The van der Waals surface area contributed by atoms with Crippen LogP contribution in [0.3, 0.4) is 0 Å². The first kappa shape index (κ1) is 23.0. The third-order valence-corrected chi connectivity index (χ3v) is 11.9. The van der Waals surface area contributed by atoms with Gasteiger partial charge in [0.15, 0.2) is 5.69 Å². The van der Waals surface area contributed by atoms with Crippen LogP contribution in [0.5, 0.6) is 0 Å². The van der Waals surface area contributed by atoms with Gasteiger partial charge in [0.1, 0.15) is 7.05 Å². The van der Waals surface area contributed by atoms with Gasteiger partial charge in [-0.15, -0.1) is 0 Å². The van der Waals surface area contributed by atoms with Crippen molar-refractivity contribution in [2.45, 2.75) is 84.0 Å². The number of pyridine rings is 1. The van der Waals surface area contributed by atoms with Crippen LogP contribution in [0.25, 0.3) is 32.8 Å². The van der Waals surface area contributed by atoms with Crippen molar-refractivity contribution in [3.05, 3.63) is 77.0 Å². The van der Waals surface area contributed by atoms with E-state index in [9.17, 15) is 0 Å². The van der Waals surface area contributed by atoms with E-state index in [2.05, 4.69) is 108 Å². The maximum atomic E-state index is 9.07. The molecule has 0 atom stereocenters. The number of hydrogen-bond donors (Lipinski definition) is 0. The molecule has 5 rings (SSSR count). The number of aryl methyl sites for hydroxylation is 1. The van der Waals surface area contributed by atoms with Gasteiger partial charge in [0, 0.05) is 21.0 Å². The summed E-state index contributed by atoms with van der Waals surface area (Å²) >= 11 is 0. The zero-order valence-corrected chi connectivity index (χ0v) is 24.0. The van der Waals surface area contributed by atoms with Gasteiger partial charge in [0.25, 0.3) is 0 Å². The minimum Gasteiger partial charge on any atom is -0.198 e. The van der Waals surface area contributed by atoms with Crippen LogP contribution in [0.2, 0.25) is 25.2 Å². The standard InChI is InChI=1S/C33H42NSi/c1-22-19-26-20-25(24-15-17-35(7,8)18-16-24)13-14-28(26)32(34(22)6)30-21-31(33(3,4)5)29-12-10-9-11-27(29)23(30)2/h9-14,19-21,24H,15-18H2,1-8H3/q+1/i19D. The summed E-state index contributed by atoms with van der Waals surface area (Å²) in [7, 11) is 1.14. The zero-order valence-electron chi connectivity index (χ0n) is 24.0. The number of fused-ring (bicyclic) bond motifs is 2. The molecule has 4 aromatic rings. The Morgan fingerprint density at radius 1 is 0.914 bits per heavy atom. The molecule has 1 fully saturated rings. The highest BCUT2D eigenvalue weighted by Gasteiger charge is 2.30. The Balaban J connectivity index is 1.77. The van der Waals surface area contributed by atoms with Crippen molar-refractivity contribution >= 4 is 29.6 Å². The summed E-state index contributed by atoms with van der Waals surface area (Å²) in [6, 6.07) is 21.8. The van der Waals surface area contributed by atoms with E-state index in [1.807, 2.05) is 0 Å². The molecule has 0 bridgehead atoms. The van der Waals surface area contributed by atoms with Gasteiger partial charge in [-0.05, 0) is 76.1 Å². The van der Waals surface area contributed by atoms with Gasteiger partial charge < -0.3 is 0 Å². The lowest BCUT2D eigenvalue weighted by Gasteiger charge is -2.33. The van der Waals surface area contributed by atoms with Gasteiger partial charge in [0.05, 0.1) is 12.3 Å². The van der Waals surface area contributed by atoms with E-state index < -0.39 is 8.07 Å². The van der Waals surface area contributed by atoms with Gasteiger partial charge in [-0.1, -0.05) is 82.4 Å². The van der Waals surface area contributed by atoms with Crippen molar-refractivity contribution in [3.63, 3.8) is 0 Å². The minimum absolute atomic E-state index is 0.0338. The summed E-state index contributed by atoms with van der Waals surface area (Å²) in [6.45, 7) is 16.4. The predicted molar refractivity (Wildman–Crippen MR) is 155 cm³/mol. The average molecular weight is 482 g/mol. The lowest BCUT2D eigenvalue weighted by Crippen LogP contribution is -2.35. The predicted octanol–water partition coefficient (Wildman–Crippen LogP) is 8.98. The summed E-state index contributed by atoms with van der Waals surface area (Å²) < 4.78 is 11.3. The fraction of sp³-hybridized carbons (Fsp3) is 0.424. The van der Waals surface area contributed by atoms with Crippen molar-refractivity contribution in [2.24, 2.45) is 7.05 Å². The second-order valence-electron chi connectivity index (χ2n) is 12.8. The molecular formula is C33H42NSi+. The average Bonchev–Trinajstić information content (AvgIpc) is 2.83. The third kappa shape index (κ3) is 4.35. The Labute approximate surface area is 214 Å². The molecule has 0 aliphatic carbocycles. The normalized spacial score (nSPS) is 17.2. The molecule has 1 saturated heterocycles. The fourth-order valence-electron chi connectivity index (χ4n) is 6.20. The lowest BCUT2D eigenvalue weighted by molar-refractivity contribution is -0.665. The summed E-state index contributed by atoms with van der Waals surface area (Å²) in [6.07, 6.45) is 2.62. The molecule has 0 saturated carbocycles. The molecule has 0 N–H and O–H groups in total. The molecule has 0 spiro atoms. The molecule has 2 heterocycles. The van der Waals surface area contributed by atoms with Gasteiger partial charge >= 0.3 is 0 Å². The second-order valence-corrected chi connectivity index (χ2v) is 18.1. The Morgan fingerprint density at radius 3 is 2.23 bits per heavy atom. The van der Waals surface area contributed by atoms with E-state index in [1.54, 1.807) is 0 Å². The van der Waals surface area contributed by atoms with Crippen molar-refractivity contribution in [1.82, 2.24) is 0 Å². The molecular weight excluding hydrogens is 438 g/mol. The Bertz CT molecular complexity index is 1480. The van der Waals surface area contributed by atoms with Crippen LogP contribution in [0.4, 0.5) is 0 Å². The fourth-order valence-corrected chi connectivity index (χ4v) is 8.71. The molecule has 2 heteroatoms.